The maximum Gasteiger partial charge on any atom is 0.409 e. The number of carbonyl (C=O) groups is 2. The molecule has 1 aliphatic heterocycles. The Bertz CT molecular complexity index is 1430. The number of hydrogen-bond acceptors (Lipinski definition) is 9. The van der Waals surface area contributed by atoms with Crippen molar-refractivity contribution in [2.45, 2.75) is 17.8 Å². The fourth-order valence-corrected chi connectivity index (χ4v) is 5.97. The molecule has 0 atom stereocenters. The Morgan fingerprint density at radius 3 is 2.66 bits per heavy atom. The van der Waals surface area contributed by atoms with Crippen molar-refractivity contribution in [1.82, 2.24) is 29.5 Å². The zero-order chi connectivity index (χ0) is 26.6. The monoisotopic (exact) mass is 592 g/mol. The molecule has 4 aromatic rings. The minimum absolute atomic E-state index is 0.157. The minimum atomic E-state index is -0.352. The molecule has 1 aliphatic rings. The summed E-state index contributed by atoms with van der Waals surface area (Å²) >= 11 is 15.6. The summed E-state index contributed by atoms with van der Waals surface area (Å²) in [7, 11) is 0. The molecular formula is C24H22Cl2N6O4S2. The number of thioether (sulfide) groups is 1. The van der Waals surface area contributed by atoms with E-state index in [0.717, 1.165) is 5.01 Å². The number of benzene rings is 1. The summed E-state index contributed by atoms with van der Waals surface area (Å²) in [4.78, 5) is 32.8. The predicted molar refractivity (Wildman–Crippen MR) is 145 cm³/mol. The summed E-state index contributed by atoms with van der Waals surface area (Å²) in [5.74, 6) is 1.32. The van der Waals surface area contributed by atoms with Gasteiger partial charge in [0.2, 0.25) is 5.82 Å². The van der Waals surface area contributed by atoms with Gasteiger partial charge in [-0.05, 0) is 37.3 Å². The normalized spacial score (nSPS) is 13.7. The first-order valence-electron chi connectivity index (χ1n) is 11.7. The molecule has 0 unspecified atom stereocenters. The van der Waals surface area contributed by atoms with E-state index in [1.165, 1.54) is 23.1 Å². The molecule has 0 spiro atoms. The molecule has 10 nitrogen and oxygen atoms in total. The Kier molecular flexibility index (Phi) is 8.22. The molecule has 0 aliphatic carbocycles. The topological polar surface area (TPSA) is 107 Å². The first-order valence-corrected chi connectivity index (χ1v) is 14.3. The summed E-state index contributed by atoms with van der Waals surface area (Å²) in [5, 5.41) is 12.8. The number of piperazine rings is 1. The summed E-state index contributed by atoms with van der Waals surface area (Å²) in [6, 6.07) is 8.72. The Labute approximate surface area is 236 Å². The van der Waals surface area contributed by atoms with Crippen molar-refractivity contribution in [2.24, 2.45) is 0 Å². The standard InChI is InChI=1S/C24H22Cl2N6O4S2/c1-2-35-24(34)31-9-7-30(8-10-31)22(33)17-13-37-20(27-17)14-38-23-29-28-21(19-4-3-11-36-19)32(23)18-12-15(25)5-6-16(18)26/h3-6,11-13H,2,7-10,14H2,1H3. The van der Waals surface area contributed by atoms with Crippen molar-refractivity contribution in [3.63, 3.8) is 0 Å². The number of carbonyl (C=O) groups excluding carboxylic acids is 2. The third-order valence-electron chi connectivity index (χ3n) is 5.71. The molecule has 0 N–H and O–H groups in total. The van der Waals surface area contributed by atoms with Crippen LogP contribution in [0.15, 0.2) is 51.5 Å². The lowest BCUT2D eigenvalue weighted by atomic mass is 10.3. The van der Waals surface area contributed by atoms with Crippen molar-refractivity contribution >= 4 is 58.3 Å². The van der Waals surface area contributed by atoms with Gasteiger partial charge in [-0.15, -0.1) is 21.5 Å². The SMILES string of the molecule is CCOC(=O)N1CCN(C(=O)c2csc(CSc3nnc(-c4ccco4)n3-c3cc(Cl)ccc3Cl)n2)CC1. The molecule has 3 aromatic heterocycles. The van der Waals surface area contributed by atoms with Gasteiger partial charge in [-0.2, -0.15) is 0 Å². The van der Waals surface area contributed by atoms with Crippen LogP contribution in [0.3, 0.4) is 0 Å². The number of amides is 2. The van der Waals surface area contributed by atoms with Gasteiger partial charge in [-0.25, -0.2) is 9.78 Å². The fourth-order valence-electron chi connectivity index (χ4n) is 3.87. The van der Waals surface area contributed by atoms with Crippen molar-refractivity contribution < 1.29 is 18.7 Å². The molecule has 0 radical (unpaired) electrons. The molecule has 0 saturated carbocycles. The quantitative estimate of drug-likeness (QED) is 0.259. The molecule has 198 valence electrons. The van der Waals surface area contributed by atoms with Crippen LogP contribution in [0.4, 0.5) is 4.79 Å². The second-order valence-corrected chi connectivity index (χ2v) is 10.8. The van der Waals surface area contributed by atoms with E-state index in [1.807, 2.05) is 0 Å². The first-order chi connectivity index (χ1) is 18.4. The molecule has 14 heteroatoms. The van der Waals surface area contributed by atoms with Gasteiger partial charge in [0.25, 0.3) is 5.91 Å². The maximum atomic E-state index is 13.0. The molecule has 5 rings (SSSR count). The summed E-state index contributed by atoms with van der Waals surface area (Å²) < 4.78 is 12.4. The van der Waals surface area contributed by atoms with Crippen molar-refractivity contribution in [2.75, 3.05) is 32.8 Å². The van der Waals surface area contributed by atoms with Crippen LogP contribution in [0.25, 0.3) is 17.3 Å². The van der Waals surface area contributed by atoms with E-state index in [9.17, 15) is 9.59 Å². The second-order valence-electron chi connectivity index (χ2n) is 8.11. The van der Waals surface area contributed by atoms with Crippen LogP contribution in [0.2, 0.25) is 10.0 Å². The third-order valence-corrected chi connectivity index (χ3v) is 8.24. The van der Waals surface area contributed by atoms with Gasteiger partial charge in [0.05, 0.1) is 29.3 Å². The van der Waals surface area contributed by atoms with Gasteiger partial charge in [-0.1, -0.05) is 35.0 Å². The van der Waals surface area contributed by atoms with Crippen LogP contribution in [-0.4, -0.2) is 74.3 Å². The van der Waals surface area contributed by atoms with Gasteiger partial charge in [0, 0.05) is 36.6 Å². The summed E-state index contributed by atoms with van der Waals surface area (Å²) in [6.45, 7) is 3.80. The lowest BCUT2D eigenvalue weighted by Gasteiger charge is -2.33. The van der Waals surface area contributed by atoms with Crippen LogP contribution in [0, 0.1) is 0 Å². The lowest BCUT2D eigenvalue weighted by molar-refractivity contribution is 0.0566. The molecular weight excluding hydrogens is 571 g/mol. The highest BCUT2D eigenvalue weighted by Crippen LogP contribution is 2.34. The Morgan fingerprint density at radius 2 is 1.92 bits per heavy atom. The molecule has 4 heterocycles. The van der Waals surface area contributed by atoms with Gasteiger partial charge in [0.15, 0.2) is 10.9 Å². The number of rotatable bonds is 7. The average molecular weight is 594 g/mol. The van der Waals surface area contributed by atoms with Gasteiger partial charge in [0.1, 0.15) is 10.7 Å². The van der Waals surface area contributed by atoms with Crippen LogP contribution in [-0.2, 0) is 10.5 Å². The van der Waals surface area contributed by atoms with Crippen molar-refractivity contribution in [1.29, 1.82) is 0 Å². The van der Waals surface area contributed by atoms with Crippen LogP contribution in [0.1, 0.15) is 22.4 Å². The molecule has 1 saturated heterocycles. The Hall–Kier alpha value is -3.06. The number of aromatic nitrogens is 4. The third kappa shape index (κ3) is 5.68. The Balaban J connectivity index is 1.29. The van der Waals surface area contributed by atoms with E-state index >= 15 is 0 Å². The fraction of sp³-hybridized carbons (Fsp3) is 0.292. The van der Waals surface area contributed by atoms with Gasteiger partial charge >= 0.3 is 6.09 Å². The first kappa shape index (κ1) is 26.5. The van der Waals surface area contributed by atoms with Gasteiger partial charge < -0.3 is 19.0 Å². The zero-order valence-corrected chi connectivity index (χ0v) is 23.3. The summed E-state index contributed by atoms with van der Waals surface area (Å²) in [5.41, 5.74) is 1.00. The second kappa shape index (κ2) is 11.8. The van der Waals surface area contributed by atoms with Crippen molar-refractivity contribution in [3.8, 4) is 17.3 Å². The highest BCUT2D eigenvalue weighted by atomic mass is 35.5. The van der Waals surface area contributed by atoms with Gasteiger partial charge in [-0.3, -0.25) is 9.36 Å². The molecule has 0 bridgehead atoms. The molecule has 1 aromatic carbocycles. The van der Waals surface area contributed by atoms with E-state index in [-0.39, 0.29) is 12.0 Å². The van der Waals surface area contributed by atoms with Crippen LogP contribution >= 0.6 is 46.3 Å². The number of halogens is 2. The van der Waals surface area contributed by atoms with Crippen LogP contribution in [0.5, 0.6) is 0 Å². The maximum absolute atomic E-state index is 13.0. The molecule has 1 fully saturated rings. The highest BCUT2D eigenvalue weighted by Gasteiger charge is 2.27. The predicted octanol–water partition coefficient (Wildman–Crippen LogP) is 5.50. The van der Waals surface area contributed by atoms with E-state index in [4.69, 9.17) is 32.4 Å². The molecule has 2 amide bonds. The zero-order valence-electron chi connectivity index (χ0n) is 20.2. The van der Waals surface area contributed by atoms with E-state index in [0.29, 0.717) is 76.7 Å². The van der Waals surface area contributed by atoms with E-state index < -0.39 is 0 Å². The van der Waals surface area contributed by atoms with E-state index in [1.54, 1.807) is 63.3 Å². The number of furan rings is 1. The minimum Gasteiger partial charge on any atom is -0.461 e. The number of thiazole rings is 1. The van der Waals surface area contributed by atoms with E-state index in [2.05, 4.69) is 15.2 Å². The highest BCUT2D eigenvalue weighted by molar-refractivity contribution is 7.98. The average Bonchev–Trinajstić information content (AvgIpc) is 3.69. The largest absolute Gasteiger partial charge is 0.461 e. The lowest BCUT2D eigenvalue weighted by Crippen LogP contribution is -2.50. The number of hydrogen-bond donors (Lipinski definition) is 0. The van der Waals surface area contributed by atoms with Crippen molar-refractivity contribution in [3.05, 3.63) is 62.7 Å². The smallest absolute Gasteiger partial charge is 0.409 e. The summed E-state index contributed by atoms with van der Waals surface area (Å²) in [6.07, 6.45) is 1.21. The Morgan fingerprint density at radius 1 is 1.13 bits per heavy atom. The molecule has 38 heavy (non-hydrogen) atoms. The van der Waals surface area contributed by atoms with Crippen LogP contribution < -0.4 is 0 Å². The number of nitrogens with zero attached hydrogens (tertiary/aromatic N) is 6. The number of ether oxygens (including phenoxy) is 1.